The standard InChI is InChI=1S/C20H23N5O/c1-3-16-9-11-17(12-10-16)15(2)23-20(26)21-13-19-22-14-25(24-19)18-7-5-4-6-8-18/h4-12,14-15H,3,13H2,1-2H3,(H2,21,23,26)/t15-/m1/s1. The molecule has 0 bridgehead atoms. The molecule has 3 rings (SSSR count). The van der Waals surface area contributed by atoms with E-state index in [1.165, 1.54) is 5.56 Å². The molecule has 3 aromatic rings. The fourth-order valence-electron chi connectivity index (χ4n) is 2.62. The first-order valence-electron chi connectivity index (χ1n) is 8.75. The lowest BCUT2D eigenvalue weighted by Crippen LogP contribution is -2.36. The van der Waals surface area contributed by atoms with Gasteiger partial charge in [0, 0.05) is 0 Å². The van der Waals surface area contributed by atoms with Gasteiger partial charge in [0.15, 0.2) is 5.82 Å². The average molecular weight is 349 g/mol. The number of carbonyl (C=O) groups is 1. The first-order chi connectivity index (χ1) is 12.7. The second kappa shape index (κ2) is 8.29. The lowest BCUT2D eigenvalue weighted by molar-refractivity contribution is 0.237. The highest BCUT2D eigenvalue weighted by molar-refractivity contribution is 5.74. The van der Waals surface area contributed by atoms with E-state index in [-0.39, 0.29) is 18.6 Å². The highest BCUT2D eigenvalue weighted by Gasteiger charge is 2.10. The van der Waals surface area contributed by atoms with Crippen molar-refractivity contribution in [3.05, 3.63) is 77.9 Å². The molecule has 0 fully saturated rings. The predicted octanol–water partition coefficient (Wildman–Crippen LogP) is 3.39. The minimum absolute atomic E-state index is 0.0734. The molecule has 134 valence electrons. The van der Waals surface area contributed by atoms with Gasteiger partial charge in [-0.2, -0.15) is 0 Å². The Morgan fingerprint density at radius 1 is 1.12 bits per heavy atom. The third-order valence-electron chi connectivity index (χ3n) is 4.20. The molecular formula is C20H23N5O. The summed E-state index contributed by atoms with van der Waals surface area (Å²) in [7, 11) is 0. The van der Waals surface area contributed by atoms with Gasteiger partial charge in [0.05, 0.1) is 18.3 Å². The smallest absolute Gasteiger partial charge is 0.315 e. The van der Waals surface area contributed by atoms with E-state index in [0.717, 1.165) is 17.7 Å². The Balaban J connectivity index is 1.51. The summed E-state index contributed by atoms with van der Waals surface area (Å²) < 4.78 is 1.69. The molecule has 6 heteroatoms. The zero-order valence-electron chi connectivity index (χ0n) is 15.0. The van der Waals surface area contributed by atoms with Crippen molar-refractivity contribution >= 4 is 6.03 Å². The van der Waals surface area contributed by atoms with E-state index < -0.39 is 0 Å². The molecule has 6 nitrogen and oxygen atoms in total. The summed E-state index contributed by atoms with van der Waals surface area (Å²) in [6, 6.07) is 17.7. The number of rotatable bonds is 6. The van der Waals surface area contributed by atoms with Crippen LogP contribution in [0.4, 0.5) is 4.79 Å². The molecule has 0 saturated carbocycles. The molecule has 0 aliphatic rings. The van der Waals surface area contributed by atoms with Crippen LogP contribution in [0.2, 0.25) is 0 Å². The van der Waals surface area contributed by atoms with E-state index >= 15 is 0 Å². The summed E-state index contributed by atoms with van der Waals surface area (Å²) in [5.41, 5.74) is 3.29. The van der Waals surface area contributed by atoms with Crippen molar-refractivity contribution in [1.29, 1.82) is 0 Å². The number of nitrogens with zero attached hydrogens (tertiary/aromatic N) is 3. The van der Waals surface area contributed by atoms with Crippen LogP contribution in [0.5, 0.6) is 0 Å². The summed E-state index contributed by atoms with van der Waals surface area (Å²) in [4.78, 5) is 16.3. The molecule has 2 amide bonds. The van der Waals surface area contributed by atoms with Crippen LogP contribution in [-0.4, -0.2) is 20.8 Å². The van der Waals surface area contributed by atoms with Crippen molar-refractivity contribution in [3.8, 4) is 5.69 Å². The maximum Gasteiger partial charge on any atom is 0.315 e. The van der Waals surface area contributed by atoms with E-state index in [1.54, 1.807) is 11.0 Å². The number of aromatic nitrogens is 3. The maximum absolute atomic E-state index is 12.1. The summed E-state index contributed by atoms with van der Waals surface area (Å²) in [5, 5.41) is 10.1. The van der Waals surface area contributed by atoms with Crippen molar-refractivity contribution < 1.29 is 4.79 Å². The van der Waals surface area contributed by atoms with Gasteiger partial charge in [0.2, 0.25) is 0 Å². The summed E-state index contributed by atoms with van der Waals surface area (Å²) in [6.07, 6.45) is 2.65. The second-order valence-corrected chi connectivity index (χ2v) is 6.08. The average Bonchev–Trinajstić information content (AvgIpc) is 3.16. The van der Waals surface area contributed by atoms with E-state index in [0.29, 0.717) is 5.82 Å². The SMILES string of the molecule is CCc1ccc([C@@H](C)NC(=O)NCc2ncn(-c3ccccc3)n2)cc1. The fourth-order valence-corrected chi connectivity index (χ4v) is 2.62. The number of urea groups is 1. The minimum Gasteiger partial charge on any atom is -0.332 e. The van der Waals surface area contributed by atoms with Gasteiger partial charge in [-0.25, -0.2) is 14.5 Å². The van der Waals surface area contributed by atoms with Crippen LogP contribution < -0.4 is 10.6 Å². The van der Waals surface area contributed by atoms with Crippen LogP contribution in [0.15, 0.2) is 60.9 Å². The van der Waals surface area contributed by atoms with Gasteiger partial charge in [-0.1, -0.05) is 49.4 Å². The third kappa shape index (κ3) is 4.47. The van der Waals surface area contributed by atoms with Crippen molar-refractivity contribution in [2.45, 2.75) is 32.9 Å². The molecule has 0 aliphatic heterocycles. The third-order valence-corrected chi connectivity index (χ3v) is 4.20. The maximum atomic E-state index is 12.1. The lowest BCUT2D eigenvalue weighted by Gasteiger charge is -2.15. The van der Waals surface area contributed by atoms with Crippen LogP contribution in [0, 0.1) is 0 Å². The number of para-hydroxylation sites is 1. The molecule has 1 heterocycles. The highest BCUT2D eigenvalue weighted by atomic mass is 16.2. The van der Waals surface area contributed by atoms with Gasteiger partial charge >= 0.3 is 6.03 Å². The molecule has 1 atom stereocenters. The van der Waals surface area contributed by atoms with E-state index in [9.17, 15) is 4.79 Å². The molecule has 2 N–H and O–H groups in total. The normalized spacial score (nSPS) is 11.8. The Hall–Kier alpha value is -3.15. The number of aryl methyl sites for hydroxylation is 1. The Kier molecular flexibility index (Phi) is 5.63. The Morgan fingerprint density at radius 3 is 2.54 bits per heavy atom. The minimum atomic E-state index is -0.242. The Bertz CT molecular complexity index is 842. The Labute approximate surface area is 153 Å². The van der Waals surface area contributed by atoms with E-state index in [2.05, 4.69) is 39.8 Å². The fraction of sp³-hybridized carbons (Fsp3) is 0.250. The second-order valence-electron chi connectivity index (χ2n) is 6.08. The summed E-state index contributed by atoms with van der Waals surface area (Å²) >= 11 is 0. The molecule has 0 radical (unpaired) electrons. The van der Waals surface area contributed by atoms with Gasteiger partial charge in [0.25, 0.3) is 0 Å². The van der Waals surface area contributed by atoms with Gasteiger partial charge in [-0.15, -0.1) is 5.10 Å². The topological polar surface area (TPSA) is 71.8 Å². The Morgan fingerprint density at radius 2 is 1.85 bits per heavy atom. The van der Waals surface area contributed by atoms with Crippen LogP contribution in [-0.2, 0) is 13.0 Å². The first-order valence-corrected chi connectivity index (χ1v) is 8.75. The van der Waals surface area contributed by atoms with Gasteiger partial charge in [-0.05, 0) is 36.6 Å². The van der Waals surface area contributed by atoms with Crippen LogP contribution in [0.3, 0.4) is 0 Å². The molecule has 26 heavy (non-hydrogen) atoms. The van der Waals surface area contributed by atoms with Gasteiger partial charge < -0.3 is 10.6 Å². The molecule has 0 saturated heterocycles. The highest BCUT2D eigenvalue weighted by Crippen LogP contribution is 2.13. The number of hydrogen-bond donors (Lipinski definition) is 2. The number of carbonyl (C=O) groups excluding carboxylic acids is 1. The monoisotopic (exact) mass is 349 g/mol. The molecule has 0 spiro atoms. The molecule has 0 unspecified atom stereocenters. The quantitative estimate of drug-likeness (QED) is 0.716. The zero-order valence-corrected chi connectivity index (χ0v) is 15.0. The van der Waals surface area contributed by atoms with E-state index in [1.807, 2.05) is 49.4 Å². The molecule has 1 aromatic heterocycles. The van der Waals surface area contributed by atoms with Gasteiger partial charge in [0.1, 0.15) is 6.33 Å². The molecule has 0 aliphatic carbocycles. The lowest BCUT2D eigenvalue weighted by atomic mass is 10.1. The van der Waals surface area contributed by atoms with Crippen LogP contribution in [0.25, 0.3) is 5.69 Å². The first kappa shape index (κ1) is 17.7. The van der Waals surface area contributed by atoms with Gasteiger partial charge in [-0.3, -0.25) is 0 Å². The zero-order chi connectivity index (χ0) is 18.4. The summed E-state index contributed by atoms with van der Waals surface area (Å²) in [5.74, 6) is 0.559. The molecular weight excluding hydrogens is 326 g/mol. The largest absolute Gasteiger partial charge is 0.332 e. The van der Waals surface area contributed by atoms with Crippen molar-refractivity contribution in [1.82, 2.24) is 25.4 Å². The molecule has 2 aromatic carbocycles. The number of amides is 2. The van der Waals surface area contributed by atoms with E-state index in [4.69, 9.17) is 0 Å². The van der Waals surface area contributed by atoms with Crippen LogP contribution in [0.1, 0.15) is 36.8 Å². The van der Waals surface area contributed by atoms with Crippen molar-refractivity contribution in [2.75, 3.05) is 0 Å². The predicted molar refractivity (Wildman–Crippen MR) is 101 cm³/mol. The number of benzene rings is 2. The number of nitrogens with one attached hydrogen (secondary N) is 2. The summed E-state index contributed by atoms with van der Waals surface area (Å²) in [6.45, 7) is 4.35. The van der Waals surface area contributed by atoms with Crippen molar-refractivity contribution in [2.24, 2.45) is 0 Å². The number of hydrogen-bond acceptors (Lipinski definition) is 3. The van der Waals surface area contributed by atoms with Crippen LogP contribution >= 0.6 is 0 Å². The van der Waals surface area contributed by atoms with Crippen molar-refractivity contribution in [3.63, 3.8) is 0 Å².